The lowest BCUT2D eigenvalue weighted by atomic mass is 10.1. The average Bonchev–Trinajstić information content (AvgIpc) is 2.69. The van der Waals surface area contributed by atoms with Crippen LogP contribution in [-0.2, 0) is 0 Å². The molecule has 1 aromatic rings. The smallest absolute Gasteiger partial charge is 0.0396 e. The van der Waals surface area contributed by atoms with Crippen LogP contribution in [0.5, 0.6) is 0 Å². The third-order valence-electron chi connectivity index (χ3n) is 2.19. The van der Waals surface area contributed by atoms with Crippen molar-refractivity contribution in [1.29, 1.82) is 0 Å². The minimum atomic E-state index is 0.368. The van der Waals surface area contributed by atoms with Crippen molar-refractivity contribution in [2.75, 3.05) is 10.8 Å². The highest BCUT2D eigenvalue weighted by Crippen LogP contribution is 2.40. The highest BCUT2D eigenvalue weighted by molar-refractivity contribution is 9.10. The van der Waals surface area contributed by atoms with Crippen molar-refractivity contribution < 1.29 is 0 Å². The van der Waals surface area contributed by atoms with Crippen LogP contribution in [-0.4, -0.2) is 16.1 Å². The minimum Gasteiger partial charge on any atom is -0.170 e. The molecule has 2 atom stereocenters. The topological polar surface area (TPSA) is 0 Å². The van der Waals surface area contributed by atoms with Crippen LogP contribution >= 0.6 is 52.1 Å². The molecular weight excluding hydrogens is 296 g/mol. The van der Waals surface area contributed by atoms with Crippen LogP contribution in [0.3, 0.4) is 0 Å². The number of hydrogen-bond acceptors (Lipinski definition) is 3. The molecule has 2 rings (SSSR count). The molecule has 14 heavy (non-hydrogen) atoms. The van der Waals surface area contributed by atoms with E-state index in [0.717, 1.165) is 4.47 Å². The Hall–Kier alpha value is 0.750. The van der Waals surface area contributed by atoms with E-state index in [1.165, 1.54) is 16.4 Å². The molecular formula is C10H11BrS3. The first kappa shape index (κ1) is 11.2. The predicted molar refractivity (Wildman–Crippen MR) is 74.6 cm³/mol. The molecule has 1 saturated heterocycles. The summed E-state index contributed by atoms with van der Waals surface area (Å²) in [6.07, 6.45) is 0. The summed E-state index contributed by atoms with van der Waals surface area (Å²) in [5, 5.41) is 2.25. The molecule has 1 fully saturated rings. The van der Waals surface area contributed by atoms with Crippen molar-refractivity contribution in [2.45, 2.75) is 10.5 Å². The third-order valence-corrected chi connectivity index (χ3v) is 6.43. The molecule has 1 heterocycles. The lowest BCUT2D eigenvalue weighted by Gasteiger charge is -2.17. The molecule has 1 aromatic carbocycles. The molecule has 0 aromatic heterocycles. The highest BCUT2D eigenvalue weighted by atomic mass is 79.9. The number of thioether (sulfide) groups is 2. The molecule has 0 amide bonds. The van der Waals surface area contributed by atoms with Gasteiger partial charge in [0.2, 0.25) is 0 Å². The number of rotatable bonds is 2. The summed E-state index contributed by atoms with van der Waals surface area (Å²) in [7, 11) is 0. The van der Waals surface area contributed by atoms with E-state index >= 15 is 0 Å². The summed E-state index contributed by atoms with van der Waals surface area (Å²) in [4.78, 5) is 0. The Kier molecular flexibility index (Phi) is 4.17. The minimum absolute atomic E-state index is 0.368. The van der Waals surface area contributed by atoms with Crippen LogP contribution in [0, 0.1) is 0 Å². The monoisotopic (exact) mass is 306 g/mol. The Bertz CT molecular complexity index is 310. The van der Waals surface area contributed by atoms with Crippen molar-refractivity contribution in [2.24, 2.45) is 0 Å². The quantitative estimate of drug-likeness (QED) is 0.812. The molecule has 4 heteroatoms. The van der Waals surface area contributed by atoms with Crippen LogP contribution in [0.4, 0.5) is 0 Å². The normalized spacial score (nSPS) is 23.7. The maximum Gasteiger partial charge on any atom is 0.0396 e. The van der Waals surface area contributed by atoms with E-state index in [9.17, 15) is 0 Å². The largest absolute Gasteiger partial charge is 0.170 e. The van der Waals surface area contributed by atoms with Crippen LogP contribution in [0.15, 0.2) is 28.7 Å². The summed E-state index contributed by atoms with van der Waals surface area (Å²) in [5.41, 5.74) is 1.32. The van der Waals surface area contributed by atoms with Gasteiger partial charge in [0.05, 0.1) is 0 Å². The van der Waals surface area contributed by atoms with Gasteiger partial charge in [-0.15, -0.1) is 23.5 Å². The van der Waals surface area contributed by atoms with Gasteiger partial charge in [0, 0.05) is 25.8 Å². The Morgan fingerprint density at radius 1 is 1.50 bits per heavy atom. The standard InChI is InChI=1S/C10H11BrS3/c11-8-3-1-2-7(4-8)10(12)9-5-13-6-14-9/h1-4,9-10,12H,5-6H2. The molecule has 0 N–H and O–H groups in total. The number of thiol groups is 1. The third kappa shape index (κ3) is 2.65. The Labute approximate surface area is 107 Å². The summed E-state index contributed by atoms with van der Waals surface area (Å²) in [6.45, 7) is 0. The average molecular weight is 307 g/mol. The second-order valence-electron chi connectivity index (χ2n) is 3.19. The van der Waals surface area contributed by atoms with Gasteiger partial charge in [0.15, 0.2) is 0 Å². The summed E-state index contributed by atoms with van der Waals surface area (Å²) in [5.74, 6) is 1.23. The first-order chi connectivity index (χ1) is 6.77. The molecule has 0 bridgehead atoms. The Balaban J connectivity index is 2.13. The first-order valence-corrected chi connectivity index (χ1v) is 7.91. The zero-order chi connectivity index (χ0) is 9.97. The molecule has 2 unspecified atom stereocenters. The maximum atomic E-state index is 4.71. The van der Waals surface area contributed by atoms with E-state index in [1.807, 2.05) is 23.5 Å². The van der Waals surface area contributed by atoms with Gasteiger partial charge < -0.3 is 0 Å². The van der Waals surface area contributed by atoms with E-state index in [2.05, 4.69) is 40.2 Å². The maximum absolute atomic E-state index is 4.71. The SMILES string of the molecule is SC(c1cccc(Br)c1)C1CSCS1. The van der Waals surface area contributed by atoms with Crippen LogP contribution in [0.1, 0.15) is 10.8 Å². The van der Waals surface area contributed by atoms with E-state index < -0.39 is 0 Å². The fourth-order valence-corrected chi connectivity index (χ4v) is 5.43. The van der Waals surface area contributed by atoms with Gasteiger partial charge in [-0.3, -0.25) is 0 Å². The van der Waals surface area contributed by atoms with Crippen molar-refractivity contribution in [3.05, 3.63) is 34.3 Å². The molecule has 0 radical (unpaired) electrons. The van der Waals surface area contributed by atoms with Gasteiger partial charge in [-0.2, -0.15) is 12.6 Å². The summed E-state index contributed by atoms with van der Waals surface area (Å²) in [6, 6.07) is 8.46. The Morgan fingerprint density at radius 3 is 3.00 bits per heavy atom. The van der Waals surface area contributed by atoms with Gasteiger partial charge in [-0.25, -0.2) is 0 Å². The van der Waals surface area contributed by atoms with Crippen molar-refractivity contribution in [3.8, 4) is 0 Å². The van der Waals surface area contributed by atoms with Crippen LogP contribution in [0.2, 0.25) is 0 Å². The Morgan fingerprint density at radius 2 is 2.36 bits per heavy atom. The van der Waals surface area contributed by atoms with Gasteiger partial charge >= 0.3 is 0 Å². The zero-order valence-corrected chi connectivity index (χ0v) is 11.6. The molecule has 1 aliphatic heterocycles. The lowest BCUT2D eigenvalue weighted by molar-refractivity contribution is 0.942. The molecule has 0 saturated carbocycles. The van der Waals surface area contributed by atoms with Gasteiger partial charge in [0.25, 0.3) is 0 Å². The molecule has 76 valence electrons. The summed E-state index contributed by atoms with van der Waals surface area (Å²) < 4.78 is 1.14. The van der Waals surface area contributed by atoms with Crippen molar-refractivity contribution in [1.82, 2.24) is 0 Å². The number of halogens is 1. The fraction of sp³-hybridized carbons (Fsp3) is 0.400. The van der Waals surface area contributed by atoms with Crippen LogP contribution < -0.4 is 0 Å². The van der Waals surface area contributed by atoms with E-state index in [4.69, 9.17) is 12.6 Å². The van der Waals surface area contributed by atoms with Gasteiger partial charge in [-0.05, 0) is 17.7 Å². The second-order valence-corrected chi connectivity index (χ2v) is 7.29. The van der Waals surface area contributed by atoms with Crippen LogP contribution in [0.25, 0.3) is 0 Å². The lowest BCUT2D eigenvalue weighted by Crippen LogP contribution is -2.09. The van der Waals surface area contributed by atoms with Crippen molar-refractivity contribution in [3.63, 3.8) is 0 Å². The molecule has 0 nitrogen and oxygen atoms in total. The number of hydrogen-bond donors (Lipinski definition) is 1. The van der Waals surface area contributed by atoms with E-state index in [-0.39, 0.29) is 0 Å². The van der Waals surface area contributed by atoms with Gasteiger partial charge in [-0.1, -0.05) is 28.1 Å². The van der Waals surface area contributed by atoms with E-state index in [0.29, 0.717) is 10.5 Å². The zero-order valence-electron chi connectivity index (χ0n) is 7.52. The van der Waals surface area contributed by atoms with Crippen molar-refractivity contribution >= 4 is 52.1 Å². The summed E-state index contributed by atoms with van der Waals surface area (Å²) >= 11 is 12.2. The fourth-order valence-electron chi connectivity index (χ4n) is 1.44. The highest BCUT2D eigenvalue weighted by Gasteiger charge is 2.24. The predicted octanol–water partition coefficient (Wildman–Crippen LogP) is 4.23. The molecule has 0 aliphatic carbocycles. The first-order valence-electron chi connectivity index (χ1n) is 4.40. The molecule has 1 aliphatic rings. The second kappa shape index (κ2) is 5.19. The number of benzene rings is 1. The van der Waals surface area contributed by atoms with Gasteiger partial charge in [0.1, 0.15) is 0 Å². The molecule has 0 spiro atoms. The van der Waals surface area contributed by atoms with E-state index in [1.54, 1.807) is 0 Å².